The summed E-state index contributed by atoms with van der Waals surface area (Å²) in [5, 5.41) is 8.83. The zero-order valence-corrected chi connectivity index (χ0v) is 8.61. The Balaban J connectivity index is 2.38. The molecule has 3 heteroatoms. The third-order valence-corrected chi connectivity index (χ3v) is 2.73. The van der Waals surface area contributed by atoms with Gasteiger partial charge in [-0.2, -0.15) is 0 Å². The molecule has 1 fully saturated rings. The van der Waals surface area contributed by atoms with Crippen LogP contribution in [-0.2, 0) is 4.79 Å². The molecule has 1 heterocycles. The van der Waals surface area contributed by atoms with Gasteiger partial charge < -0.3 is 10.0 Å². The van der Waals surface area contributed by atoms with Gasteiger partial charge in [-0.05, 0) is 25.2 Å². The first kappa shape index (κ1) is 11.2. The highest BCUT2D eigenvalue weighted by Gasteiger charge is 2.22. The lowest BCUT2D eigenvalue weighted by atomic mass is 9.95. The number of nitrogens with zero attached hydrogens (tertiary/aromatic N) is 1. The molecule has 0 aliphatic carbocycles. The zero-order chi connectivity index (χ0) is 10.4. The van der Waals surface area contributed by atoms with Crippen molar-refractivity contribution < 1.29 is 9.90 Å². The highest BCUT2D eigenvalue weighted by atomic mass is 16.3. The number of aliphatic hydroxyl groups excluding tert-OH is 1. The smallest absolute Gasteiger partial charge is 0.226 e. The first-order valence-electron chi connectivity index (χ1n) is 5.27. The van der Waals surface area contributed by atoms with E-state index in [1.165, 1.54) is 0 Å². The van der Waals surface area contributed by atoms with Crippen molar-refractivity contribution in [2.75, 3.05) is 19.7 Å². The van der Waals surface area contributed by atoms with E-state index in [4.69, 9.17) is 5.11 Å². The Morgan fingerprint density at radius 3 is 3.07 bits per heavy atom. The summed E-state index contributed by atoms with van der Waals surface area (Å²) in [4.78, 5) is 13.4. The van der Waals surface area contributed by atoms with Crippen LogP contribution in [0.5, 0.6) is 0 Å². The Labute approximate surface area is 85.4 Å². The van der Waals surface area contributed by atoms with Crippen molar-refractivity contribution in [3.63, 3.8) is 0 Å². The van der Waals surface area contributed by atoms with Crippen LogP contribution in [0.25, 0.3) is 0 Å². The lowest BCUT2D eigenvalue weighted by Crippen LogP contribution is -2.39. The molecule has 0 saturated carbocycles. The van der Waals surface area contributed by atoms with Crippen LogP contribution >= 0.6 is 0 Å². The monoisotopic (exact) mass is 197 g/mol. The van der Waals surface area contributed by atoms with Crippen molar-refractivity contribution in [2.24, 2.45) is 5.92 Å². The summed E-state index contributed by atoms with van der Waals surface area (Å²) < 4.78 is 0. The molecule has 0 spiro atoms. The second-order valence-corrected chi connectivity index (χ2v) is 3.85. The average molecular weight is 197 g/mol. The van der Waals surface area contributed by atoms with Gasteiger partial charge in [0.1, 0.15) is 0 Å². The fourth-order valence-electron chi connectivity index (χ4n) is 1.96. The highest BCUT2D eigenvalue weighted by molar-refractivity contribution is 5.77. The van der Waals surface area contributed by atoms with E-state index in [0.29, 0.717) is 12.3 Å². The largest absolute Gasteiger partial charge is 0.396 e. The highest BCUT2D eigenvalue weighted by Crippen LogP contribution is 2.19. The van der Waals surface area contributed by atoms with Crippen LogP contribution in [0.2, 0.25) is 0 Å². The minimum Gasteiger partial charge on any atom is -0.396 e. The topological polar surface area (TPSA) is 40.5 Å². The van der Waals surface area contributed by atoms with Gasteiger partial charge in [-0.3, -0.25) is 4.79 Å². The second-order valence-electron chi connectivity index (χ2n) is 3.85. The predicted molar refractivity (Wildman–Crippen MR) is 55.8 cm³/mol. The number of likely N-dealkylation sites (tertiary alicyclic amines) is 1. The number of carbonyl (C=O) groups is 1. The molecular formula is C11H19NO2. The van der Waals surface area contributed by atoms with E-state index in [9.17, 15) is 4.79 Å². The number of amides is 1. The molecule has 1 atom stereocenters. The average Bonchev–Trinajstić information content (AvgIpc) is 2.19. The molecular weight excluding hydrogens is 178 g/mol. The van der Waals surface area contributed by atoms with Crippen molar-refractivity contribution in [1.82, 2.24) is 4.90 Å². The summed E-state index contributed by atoms with van der Waals surface area (Å²) in [6, 6.07) is 0. The van der Waals surface area contributed by atoms with E-state index < -0.39 is 0 Å². The van der Waals surface area contributed by atoms with Gasteiger partial charge in [0.2, 0.25) is 5.91 Å². The molecule has 1 rings (SSSR count). The maximum atomic E-state index is 11.5. The number of piperidine rings is 1. The van der Waals surface area contributed by atoms with Gasteiger partial charge in [0.15, 0.2) is 0 Å². The van der Waals surface area contributed by atoms with E-state index in [1.54, 1.807) is 6.08 Å². The standard InChI is InChI=1S/C11H19NO2/c1-2-4-11(14)12-7-3-5-10(9-12)6-8-13/h2,10,13H,1,3-9H2. The van der Waals surface area contributed by atoms with Crippen molar-refractivity contribution in [1.29, 1.82) is 0 Å². The number of rotatable bonds is 4. The fraction of sp³-hybridized carbons (Fsp3) is 0.727. The molecule has 14 heavy (non-hydrogen) atoms. The predicted octanol–water partition coefficient (Wildman–Crippen LogP) is 1.18. The third kappa shape index (κ3) is 3.14. The molecule has 0 aromatic rings. The molecule has 0 aromatic heterocycles. The summed E-state index contributed by atoms with van der Waals surface area (Å²) in [5.74, 6) is 0.658. The van der Waals surface area contributed by atoms with Crippen LogP contribution in [-0.4, -0.2) is 35.6 Å². The first-order chi connectivity index (χ1) is 6.77. The summed E-state index contributed by atoms with van der Waals surface area (Å²) in [6.45, 7) is 5.48. The van der Waals surface area contributed by atoms with Crippen LogP contribution < -0.4 is 0 Å². The Morgan fingerprint density at radius 1 is 1.64 bits per heavy atom. The molecule has 1 N–H and O–H groups in total. The van der Waals surface area contributed by atoms with E-state index >= 15 is 0 Å². The number of aliphatic hydroxyl groups is 1. The maximum absolute atomic E-state index is 11.5. The molecule has 1 amide bonds. The lowest BCUT2D eigenvalue weighted by Gasteiger charge is -2.32. The Kier molecular flexibility index (Phi) is 4.66. The quantitative estimate of drug-likeness (QED) is 0.688. The Hall–Kier alpha value is -0.830. The van der Waals surface area contributed by atoms with Gasteiger partial charge in [-0.15, -0.1) is 6.58 Å². The van der Waals surface area contributed by atoms with Crippen LogP contribution in [0, 0.1) is 5.92 Å². The molecule has 1 unspecified atom stereocenters. The minimum absolute atomic E-state index is 0.169. The molecule has 1 aliphatic rings. The molecule has 3 nitrogen and oxygen atoms in total. The van der Waals surface area contributed by atoms with E-state index in [0.717, 1.165) is 32.4 Å². The number of carbonyl (C=O) groups excluding carboxylic acids is 1. The molecule has 0 aromatic carbocycles. The van der Waals surface area contributed by atoms with Crippen LogP contribution in [0.1, 0.15) is 25.7 Å². The Morgan fingerprint density at radius 2 is 2.43 bits per heavy atom. The van der Waals surface area contributed by atoms with Crippen molar-refractivity contribution >= 4 is 5.91 Å². The SMILES string of the molecule is C=CCC(=O)N1CCCC(CCO)C1. The summed E-state index contributed by atoms with van der Waals surface area (Å²) in [7, 11) is 0. The van der Waals surface area contributed by atoms with Crippen LogP contribution in [0.3, 0.4) is 0 Å². The number of hydrogen-bond donors (Lipinski definition) is 1. The van der Waals surface area contributed by atoms with Gasteiger partial charge >= 0.3 is 0 Å². The normalized spacial score (nSPS) is 22.1. The zero-order valence-electron chi connectivity index (χ0n) is 8.61. The van der Waals surface area contributed by atoms with Gasteiger partial charge in [0.05, 0.1) is 0 Å². The summed E-state index contributed by atoms with van der Waals surface area (Å²) >= 11 is 0. The van der Waals surface area contributed by atoms with Gasteiger partial charge in [-0.1, -0.05) is 6.08 Å². The number of hydrogen-bond acceptors (Lipinski definition) is 2. The molecule has 0 bridgehead atoms. The summed E-state index contributed by atoms with van der Waals surface area (Å²) in [6.07, 6.45) is 5.10. The Bertz CT molecular complexity index is 201. The van der Waals surface area contributed by atoms with Crippen molar-refractivity contribution in [3.05, 3.63) is 12.7 Å². The van der Waals surface area contributed by atoms with Crippen LogP contribution in [0.4, 0.5) is 0 Å². The molecule has 1 aliphatic heterocycles. The lowest BCUT2D eigenvalue weighted by molar-refractivity contribution is -0.132. The minimum atomic E-state index is 0.169. The maximum Gasteiger partial charge on any atom is 0.226 e. The van der Waals surface area contributed by atoms with Gasteiger partial charge in [0, 0.05) is 26.1 Å². The van der Waals surface area contributed by atoms with E-state index in [2.05, 4.69) is 6.58 Å². The summed E-state index contributed by atoms with van der Waals surface area (Å²) in [5.41, 5.74) is 0. The molecule has 80 valence electrons. The second kappa shape index (κ2) is 5.81. The fourth-order valence-corrected chi connectivity index (χ4v) is 1.96. The molecule has 0 radical (unpaired) electrons. The van der Waals surface area contributed by atoms with E-state index in [-0.39, 0.29) is 12.5 Å². The molecule has 1 saturated heterocycles. The third-order valence-electron chi connectivity index (χ3n) is 2.73. The van der Waals surface area contributed by atoms with Gasteiger partial charge in [0.25, 0.3) is 0 Å². The first-order valence-corrected chi connectivity index (χ1v) is 5.27. The van der Waals surface area contributed by atoms with Crippen LogP contribution in [0.15, 0.2) is 12.7 Å². The van der Waals surface area contributed by atoms with E-state index in [1.807, 2.05) is 4.90 Å². The van der Waals surface area contributed by atoms with Crippen molar-refractivity contribution in [3.8, 4) is 0 Å². The van der Waals surface area contributed by atoms with Crippen molar-refractivity contribution in [2.45, 2.75) is 25.7 Å². The van der Waals surface area contributed by atoms with Gasteiger partial charge in [-0.25, -0.2) is 0 Å².